The number of carbonyl (C=O) groups excluding carboxylic acids is 1. The van der Waals surface area contributed by atoms with E-state index in [1.807, 2.05) is 18.2 Å². The summed E-state index contributed by atoms with van der Waals surface area (Å²) in [6.45, 7) is 1.21. The summed E-state index contributed by atoms with van der Waals surface area (Å²) in [4.78, 5) is 18.3. The summed E-state index contributed by atoms with van der Waals surface area (Å²) in [7, 11) is 4.92. The molecule has 3 aromatic rings. The van der Waals surface area contributed by atoms with E-state index in [1.165, 1.54) is 11.3 Å². The maximum absolute atomic E-state index is 12.8. The van der Waals surface area contributed by atoms with Gasteiger partial charge in [0, 0.05) is 19.0 Å². The number of methoxy groups -OCH3 is 2. The number of amides is 1. The monoisotopic (exact) mass is 400 g/mol. The first-order valence-corrected chi connectivity index (χ1v) is 9.55. The summed E-state index contributed by atoms with van der Waals surface area (Å²) < 4.78 is 17.7. The van der Waals surface area contributed by atoms with Gasteiger partial charge in [-0.25, -0.2) is 4.98 Å². The van der Waals surface area contributed by atoms with E-state index in [4.69, 9.17) is 14.2 Å². The summed E-state index contributed by atoms with van der Waals surface area (Å²) >= 11 is 1.44. The summed E-state index contributed by atoms with van der Waals surface area (Å²) in [6, 6.07) is 7.18. The molecule has 1 aliphatic heterocycles. The molecule has 0 unspecified atom stereocenters. The maximum Gasteiger partial charge on any atom is 0.275 e. The second-order valence-corrected chi connectivity index (χ2v) is 7.33. The molecule has 4 rings (SSSR count). The van der Waals surface area contributed by atoms with Gasteiger partial charge in [0.25, 0.3) is 5.91 Å². The van der Waals surface area contributed by atoms with Gasteiger partial charge in [0.05, 0.1) is 43.7 Å². The van der Waals surface area contributed by atoms with Crippen molar-refractivity contribution in [2.45, 2.75) is 13.0 Å². The van der Waals surface area contributed by atoms with Crippen LogP contribution in [0.1, 0.15) is 21.1 Å². The number of hydrogen-bond acceptors (Lipinski definition) is 7. The van der Waals surface area contributed by atoms with E-state index in [-0.39, 0.29) is 5.91 Å². The third-order valence-corrected chi connectivity index (χ3v) is 5.50. The highest BCUT2D eigenvalue weighted by Gasteiger charge is 2.20. The van der Waals surface area contributed by atoms with Crippen LogP contribution in [0.15, 0.2) is 24.3 Å². The second-order valence-electron chi connectivity index (χ2n) is 6.25. The number of aromatic nitrogens is 3. The molecule has 0 fully saturated rings. The number of nitrogens with zero attached hydrogens (tertiary/aromatic N) is 3. The maximum atomic E-state index is 12.8. The fraction of sp³-hybridized carbons (Fsp3) is 0.316. The summed E-state index contributed by atoms with van der Waals surface area (Å²) in [5.41, 5.74) is 2.79. The minimum Gasteiger partial charge on any atom is -0.497 e. The van der Waals surface area contributed by atoms with Gasteiger partial charge < -0.3 is 14.2 Å². The van der Waals surface area contributed by atoms with Crippen LogP contribution in [-0.2, 0) is 24.8 Å². The quantitative estimate of drug-likeness (QED) is 0.709. The Bertz CT molecular complexity index is 1000. The van der Waals surface area contributed by atoms with Crippen molar-refractivity contribution in [2.24, 2.45) is 7.05 Å². The lowest BCUT2D eigenvalue weighted by Gasteiger charge is -2.08. The van der Waals surface area contributed by atoms with Crippen LogP contribution >= 0.6 is 11.3 Å². The minimum atomic E-state index is -0.268. The summed E-state index contributed by atoms with van der Waals surface area (Å²) in [5, 5.41) is 7.92. The first-order valence-electron chi connectivity index (χ1n) is 8.73. The molecule has 0 bridgehead atoms. The average molecular weight is 400 g/mol. The van der Waals surface area contributed by atoms with E-state index in [0.717, 1.165) is 22.6 Å². The number of thiazole rings is 1. The van der Waals surface area contributed by atoms with Crippen LogP contribution in [0.5, 0.6) is 11.5 Å². The average Bonchev–Trinajstić information content (AvgIpc) is 3.30. The lowest BCUT2D eigenvalue weighted by molar-refractivity contribution is 0.101. The molecule has 0 saturated heterocycles. The Morgan fingerprint density at radius 2 is 2.14 bits per heavy atom. The fourth-order valence-electron chi connectivity index (χ4n) is 3.07. The van der Waals surface area contributed by atoms with Crippen molar-refractivity contribution in [3.63, 3.8) is 0 Å². The lowest BCUT2D eigenvalue weighted by Crippen LogP contribution is -2.16. The van der Waals surface area contributed by atoms with Crippen molar-refractivity contribution in [2.75, 3.05) is 26.1 Å². The van der Waals surface area contributed by atoms with E-state index in [2.05, 4.69) is 15.4 Å². The first-order chi connectivity index (χ1) is 13.6. The van der Waals surface area contributed by atoms with Crippen molar-refractivity contribution >= 4 is 22.4 Å². The zero-order chi connectivity index (χ0) is 19.7. The van der Waals surface area contributed by atoms with Crippen LogP contribution in [0, 0.1) is 0 Å². The molecule has 0 atom stereocenters. The van der Waals surface area contributed by atoms with E-state index in [1.54, 1.807) is 32.0 Å². The predicted octanol–water partition coefficient (Wildman–Crippen LogP) is 2.89. The molecule has 0 spiro atoms. The Morgan fingerprint density at radius 1 is 1.29 bits per heavy atom. The zero-order valence-electron chi connectivity index (χ0n) is 15.8. The highest BCUT2D eigenvalue weighted by Crippen LogP contribution is 2.33. The van der Waals surface area contributed by atoms with E-state index >= 15 is 0 Å². The number of fused-ring (bicyclic) bond motifs is 1. The molecule has 8 nitrogen and oxygen atoms in total. The summed E-state index contributed by atoms with van der Waals surface area (Å²) in [5.74, 6) is 1.07. The van der Waals surface area contributed by atoms with E-state index in [0.29, 0.717) is 41.2 Å². The highest BCUT2D eigenvalue weighted by atomic mass is 32.1. The molecule has 1 aromatic carbocycles. The number of benzene rings is 1. The normalized spacial score (nSPS) is 13.1. The lowest BCUT2D eigenvalue weighted by atomic mass is 10.1. The Kier molecular flexibility index (Phi) is 5.01. The number of aryl methyl sites for hydroxylation is 1. The third-order valence-electron chi connectivity index (χ3n) is 4.51. The van der Waals surface area contributed by atoms with Gasteiger partial charge in [0.1, 0.15) is 17.2 Å². The molecule has 9 heteroatoms. The van der Waals surface area contributed by atoms with Crippen LogP contribution in [0.3, 0.4) is 0 Å². The fourth-order valence-corrected chi connectivity index (χ4v) is 4.01. The van der Waals surface area contributed by atoms with Gasteiger partial charge in [0.15, 0.2) is 5.13 Å². The third kappa shape index (κ3) is 3.46. The van der Waals surface area contributed by atoms with Crippen LogP contribution in [0.4, 0.5) is 5.13 Å². The first kappa shape index (κ1) is 18.5. The van der Waals surface area contributed by atoms with Crippen LogP contribution < -0.4 is 14.8 Å². The van der Waals surface area contributed by atoms with Gasteiger partial charge >= 0.3 is 0 Å². The zero-order valence-corrected chi connectivity index (χ0v) is 16.6. The van der Waals surface area contributed by atoms with Crippen molar-refractivity contribution < 1.29 is 19.0 Å². The van der Waals surface area contributed by atoms with E-state index in [9.17, 15) is 4.79 Å². The number of rotatable bonds is 5. The molecule has 2 aromatic heterocycles. The SMILES string of the molecule is COc1ccc(OC)c(-c2cc(C(=O)Nc3nc4c(s3)COCC4)n(C)n2)c1. The number of ether oxygens (including phenoxy) is 3. The number of anilines is 1. The van der Waals surface area contributed by atoms with Gasteiger partial charge in [-0.1, -0.05) is 11.3 Å². The molecule has 28 heavy (non-hydrogen) atoms. The molecule has 1 aliphatic rings. The standard InChI is InChI=1S/C19H20N4O4S/c1-23-15(18(24)21-19-20-13-6-7-27-10-17(13)28-19)9-14(22-23)12-8-11(25-2)4-5-16(12)26-3/h4-5,8-9H,6-7,10H2,1-3H3,(H,20,21,24). The minimum absolute atomic E-state index is 0.268. The van der Waals surface area contributed by atoms with Crippen molar-refractivity contribution in [3.05, 3.63) is 40.5 Å². The number of nitrogens with one attached hydrogen (secondary N) is 1. The van der Waals surface area contributed by atoms with Crippen molar-refractivity contribution in [3.8, 4) is 22.8 Å². The molecule has 146 valence electrons. The van der Waals surface area contributed by atoms with Crippen LogP contribution in [0.2, 0.25) is 0 Å². The molecule has 1 N–H and O–H groups in total. The molecule has 3 heterocycles. The van der Waals surface area contributed by atoms with Crippen molar-refractivity contribution in [1.82, 2.24) is 14.8 Å². The molecular weight excluding hydrogens is 380 g/mol. The Morgan fingerprint density at radius 3 is 2.89 bits per heavy atom. The van der Waals surface area contributed by atoms with Crippen LogP contribution in [0.25, 0.3) is 11.3 Å². The smallest absolute Gasteiger partial charge is 0.275 e. The van der Waals surface area contributed by atoms with Crippen molar-refractivity contribution in [1.29, 1.82) is 0 Å². The van der Waals surface area contributed by atoms with Gasteiger partial charge in [-0.15, -0.1) is 0 Å². The number of hydrogen-bond donors (Lipinski definition) is 1. The molecular formula is C19H20N4O4S. The topological polar surface area (TPSA) is 87.5 Å². The molecule has 0 radical (unpaired) electrons. The Hall–Kier alpha value is -2.91. The predicted molar refractivity (Wildman–Crippen MR) is 105 cm³/mol. The Balaban J connectivity index is 1.61. The largest absolute Gasteiger partial charge is 0.497 e. The van der Waals surface area contributed by atoms with Gasteiger partial charge in [0.2, 0.25) is 0 Å². The second kappa shape index (κ2) is 7.61. The van der Waals surface area contributed by atoms with Gasteiger partial charge in [-0.3, -0.25) is 14.8 Å². The van der Waals surface area contributed by atoms with E-state index < -0.39 is 0 Å². The molecule has 0 aliphatic carbocycles. The molecule has 1 amide bonds. The molecule has 0 saturated carbocycles. The van der Waals surface area contributed by atoms with Crippen LogP contribution in [-0.4, -0.2) is 41.5 Å². The number of carbonyl (C=O) groups is 1. The van der Waals surface area contributed by atoms with Gasteiger partial charge in [-0.05, 0) is 24.3 Å². The Labute approximate surface area is 166 Å². The summed E-state index contributed by atoms with van der Waals surface area (Å²) in [6.07, 6.45) is 0.771. The highest BCUT2D eigenvalue weighted by molar-refractivity contribution is 7.15. The van der Waals surface area contributed by atoms with Gasteiger partial charge in [-0.2, -0.15) is 5.10 Å².